The van der Waals surface area contributed by atoms with Gasteiger partial charge in [-0.05, 0) is 13.8 Å². The van der Waals surface area contributed by atoms with Crippen molar-refractivity contribution in [3.63, 3.8) is 0 Å². The van der Waals surface area contributed by atoms with Crippen molar-refractivity contribution in [2.75, 3.05) is 13.2 Å². The highest BCUT2D eigenvalue weighted by molar-refractivity contribution is 5.90. The molecule has 5 heteroatoms. The first-order valence-electron chi connectivity index (χ1n) is 4.82. The van der Waals surface area contributed by atoms with Gasteiger partial charge in [0.05, 0.1) is 12.2 Å². The van der Waals surface area contributed by atoms with Crippen molar-refractivity contribution >= 4 is 11.9 Å². The highest BCUT2D eigenvalue weighted by atomic mass is 16.6. The van der Waals surface area contributed by atoms with Crippen LogP contribution in [0.3, 0.4) is 0 Å². The van der Waals surface area contributed by atoms with Crippen LogP contribution in [0.4, 0.5) is 0 Å². The molecule has 88 valence electrons. The molecule has 0 aromatic heterocycles. The maximum Gasteiger partial charge on any atom is 0.337 e. The van der Waals surface area contributed by atoms with Crippen molar-refractivity contribution in [3.8, 4) is 0 Å². The van der Waals surface area contributed by atoms with Crippen molar-refractivity contribution in [1.82, 2.24) is 0 Å². The minimum absolute atomic E-state index is 0.0229. The van der Waals surface area contributed by atoms with Gasteiger partial charge in [-0.2, -0.15) is 0 Å². The monoisotopic (exact) mass is 226 g/mol. The fraction of sp³-hybridized carbons (Fsp3) is 0.455. The van der Waals surface area contributed by atoms with E-state index in [0.29, 0.717) is 6.61 Å². The molecule has 1 rings (SSSR count). The van der Waals surface area contributed by atoms with Crippen LogP contribution in [0.1, 0.15) is 13.8 Å². The zero-order chi connectivity index (χ0) is 12.1. The molecular weight excluding hydrogens is 212 g/mol. The summed E-state index contributed by atoms with van der Waals surface area (Å²) in [7, 11) is 0. The zero-order valence-electron chi connectivity index (χ0n) is 9.32. The number of carbonyl (C=O) groups excluding carboxylic acids is 2. The summed E-state index contributed by atoms with van der Waals surface area (Å²) < 4.78 is 14.4. The van der Waals surface area contributed by atoms with Gasteiger partial charge in [-0.1, -0.05) is 6.58 Å². The number of rotatable bonds is 5. The second-order valence-corrected chi connectivity index (χ2v) is 3.54. The molecule has 0 aromatic rings. The van der Waals surface area contributed by atoms with Crippen LogP contribution in [0.5, 0.6) is 0 Å². The Morgan fingerprint density at radius 1 is 1.44 bits per heavy atom. The minimum atomic E-state index is -0.572. The van der Waals surface area contributed by atoms with Crippen LogP contribution in [0.25, 0.3) is 0 Å². The van der Waals surface area contributed by atoms with Crippen molar-refractivity contribution in [2.24, 2.45) is 0 Å². The molecule has 16 heavy (non-hydrogen) atoms. The highest BCUT2D eigenvalue weighted by Gasteiger charge is 2.24. The van der Waals surface area contributed by atoms with Crippen LogP contribution in [-0.2, 0) is 23.8 Å². The molecule has 0 amide bonds. The van der Waals surface area contributed by atoms with Crippen LogP contribution in [0.2, 0.25) is 0 Å². The van der Waals surface area contributed by atoms with Gasteiger partial charge in [-0.3, -0.25) is 0 Å². The molecule has 1 heterocycles. The minimum Gasteiger partial charge on any atom is -0.459 e. The predicted octanol–water partition coefficient (Wildman–Crippen LogP) is 0.951. The van der Waals surface area contributed by atoms with E-state index in [-0.39, 0.29) is 23.9 Å². The van der Waals surface area contributed by atoms with E-state index < -0.39 is 11.9 Å². The molecular formula is C11H14O5. The summed E-state index contributed by atoms with van der Waals surface area (Å²) in [5.74, 6) is -1.09. The number of epoxide rings is 1. The maximum absolute atomic E-state index is 11.3. The normalized spacial score (nSPS) is 18.9. The van der Waals surface area contributed by atoms with Gasteiger partial charge in [0.25, 0.3) is 0 Å². The molecule has 1 aliphatic rings. The largest absolute Gasteiger partial charge is 0.459 e. The van der Waals surface area contributed by atoms with Crippen LogP contribution >= 0.6 is 0 Å². The Hall–Kier alpha value is -1.62. The van der Waals surface area contributed by atoms with Gasteiger partial charge in [0.2, 0.25) is 0 Å². The van der Waals surface area contributed by atoms with Gasteiger partial charge in [0.15, 0.2) is 0 Å². The quantitative estimate of drug-likeness (QED) is 0.302. The van der Waals surface area contributed by atoms with Gasteiger partial charge in [-0.15, -0.1) is 0 Å². The third-order valence-electron chi connectivity index (χ3n) is 1.82. The number of ether oxygens (including phenoxy) is 3. The van der Waals surface area contributed by atoms with Gasteiger partial charge >= 0.3 is 11.9 Å². The lowest BCUT2D eigenvalue weighted by molar-refractivity contribution is -0.139. The maximum atomic E-state index is 11.3. The van der Waals surface area contributed by atoms with Crippen LogP contribution in [0, 0.1) is 0 Å². The van der Waals surface area contributed by atoms with Crippen LogP contribution < -0.4 is 0 Å². The molecule has 0 bridgehead atoms. The fourth-order valence-corrected chi connectivity index (χ4v) is 0.737. The number of esters is 2. The van der Waals surface area contributed by atoms with Crippen molar-refractivity contribution < 1.29 is 23.8 Å². The molecule has 0 radical (unpaired) electrons. The molecule has 1 aliphatic heterocycles. The summed E-state index contributed by atoms with van der Waals surface area (Å²) >= 11 is 0. The summed E-state index contributed by atoms with van der Waals surface area (Å²) in [5.41, 5.74) is 0.485. The molecule has 1 unspecified atom stereocenters. The van der Waals surface area contributed by atoms with E-state index in [0.717, 1.165) is 6.26 Å². The second-order valence-electron chi connectivity index (χ2n) is 3.54. The lowest BCUT2D eigenvalue weighted by atomic mass is 10.3. The smallest absolute Gasteiger partial charge is 0.337 e. The van der Waals surface area contributed by atoms with Gasteiger partial charge < -0.3 is 14.2 Å². The Kier molecular flexibility index (Phi) is 4.25. The molecule has 5 nitrogen and oxygen atoms in total. The van der Waals surface area contributed by atoms with E-state index in [9.17, 15) is 9.59 Å². The molecule has 0 aromatic carbocycles. The summed E-state index contributed by atoms with van der Waals surface area (Å²) in [6, 6.07) is 0. The fourth-order valence-electron chi connectivity index (χ4n) is 0.737. The first kappa shape index (κ1) is 12.4. The van der Waals surface area contributed by atoms with E-state index in [1.54, 1.807) is 0 Å². The number of hydrogen-bond acceptors (Lipinski definition) is 5. The first-order valence-corrected chi connectivity index (χ1v) is 4.82. The van der Waals surface area contributed by atoms with E-state index in [1.165, 1.54) is 13.8 Å². The van der Waals surface area contributed by atoms with Crippen LogP contribution in [-0.4, -0.2) is 31.3 Å². The Balaban J connectivity index is 2.32. The van der Waals surface area contributed by atoms with Crippen LogP contribution in [0.15, 0.2) is 24.0 Å². The van der Waals surface area contributed by atoms with E-state index in [4.69, 9.17) is 9.47 Å². The summed E-state index contributed by atoms with van der Waals surface area (Å²) in [5, 5.41) is 0. The average molecular weight is 226 g/mol. The molecule has 1 atom stereocenters. The van der Waals surface area contributed by atoms with Gasteiger partial charge in [-0.25, -0.2) is 9.59 Å². The topological polar surface area (TPSA) is 65.1 Å². The Bertz CT molecular complexity index is 338. The molecule has 0 aliphatic carbocycles. The Morgan fingerprint density at radius 2 is 2.06 bits per heavy atom. The zero-order valence-corrected chi connectivity index (χ0v) is 9.32. The number of hydrogen-bond donors (Lipinski definition) is 0. The molecule has 1 saturated heterocycles. The lowest BCUT2D eigenvalue weighted by Gasteiger charge is -2.03. The van der Waals surface area contributed by atoms with Crippen molar-refractivity contribution in [1.29, 1.82) is 0 Å². The molecule has 0 N–H and O–H groups in total. The summed E-state index contributed by atoms with van der Waals surface area (Å²) in [4.78, 5) is 22.3. The van der Waals surface area contributed by atoms with E-state index in [1.807, 2.05) is 0 Å². The Morgan fingerprint density at radius 3 is 2.56 bits per heavy atom. The SMILES string of the molecule is C=C(C)C(=O)O/C=C(\C)C(=O)OCC1CO1. The molecule has 1 fully saturated rings. The van der Waals surface area contributed by atoms with Gasteiger partial charge in [0.1, 0.15) is 19.0 Å². The van der Waals surface area contributed by atoms with Crippen molar-refractivity contribution in [2.45, 2.75) is 20.0 Å². The summed E-state index contributed by atoms with van der Waals surface area (Å²) in [6.07, 6.45) is 1.09. The lowest BCUT2D eigenvalue weighted by Crippen LogP contribution is -2.11. The van der Waals surface area contributed by atoms with E-state index in [2.05, 4.69) is 11.3 Å². The number of carbonyl (C=O) groups is 2. The standard InChI is InChI=1S/C11H14O5/c1-7(2)10(12)15-4-8(3)11(13)16-6-9-5-14-9/h4,9H,1,5-6H2,2-3H3/b8-4+. The summed E-state index contributed by atoms with van der Waals surface area (Å²) in [6.45, 7) is 7.29. The second kappa shape index (κ2) is 5.46. The average Bonchev–Trinajstić information content (AvgIpc) is 3.05. The third-order valence-corrected chi connectivity index (χ3v) is 1.82. The third kappa shape index (κ3) is 4.27. The predicted molar refractivity (Wildman–Crippen MR) is 55.4 cm³/mol. The Labute approximate surface area is 93.7 Å². The first-order chi connectivity index (χ1) is 7.50. The molecule has 0 saturated carbocycles. The van der Waals surface area contributed by atoms with Crippen molar-refractivity contribution in [3.05, 3.63) is 24.0 Å². The highest BCUT2D eigenvalue weighted by Crippen LogP contribution is 2.10. The molecule has 0 spiro atoms. The van der Waals surface area contributed by atoms with E-state index >= 15 is 0 Å². The van der Waals surface area contributed by atoms with Gasteiger partial charge in [0, 0.05) is 5.57 Å².